The highest BCUT2D eigenvalue weighted by atomic mass is 35.5. The summed E-state index contributed by atoms with van der Waals surface area (Å²) in [5.41, 5.74) is 5.35. The smallest absolute Gasteiger partial charge is 0.246 e. The fourth-order valence-corrected chi connectivity index (χ4v) is 4.50. The lowest BCUT2D eigenvalue weighted by atomic mass is 9.94. The molecule has 0 fully saturated rings. The van der Waals surface area contributed by atoms with E-state index in [4.69, 9.17) is 28.9 Å². The number of sulfonamides is 1. The van der Waals surface area contributed by atoms with Crippen LogP contribution in [0.3, 0.4) is 0 Å². The molecule has 7 heteroatoms. The van der Waals surface area contributed by atoms with Crippen molar-refractivity contribution in [3.8, 4) is 0 Å². The van der Waals surface area contributed by atoms with E-state index in [2.05, 4.69) is 0 Å². The minimum Gasteiger partial charge on any atom is -0.330 e. The minimum absolute atomic E-state index is 0.0435. The maximum absolute atomic E-state index is 12.7. The number of hydrogen-bond donors (Lipinski definition) is 1. The normalized spacial score (nSPS) is 12.9. The summed E-state index contributed by atoms with van der Waals surface area (Å²) in [6.07, 6.45) is 0. The Labute approximate surface area is 130 Å². The zero-order valence-corrected chi connectivity index (χ0v) is 14.2. The van der Waals surface area contributed by atoms with Gasteiger partial charge in [0.05, 0.1) is 10.0 Å². The average molecular weight is 339 g/mol. The third-order valence-electron chi connectivity index (χ3n) is 3.03. The molecule has 0 aliphatic heterocycles. The molecule has 114 valence electrons. The minimum atomic E-state index is -3.74. The van der Waals surface area contributed by atoms with Gasteiger partial charge in [0.1, 0.15) is 4.90 Å². The number of nitrogens with zero attached hydrogens (tertiary/aromatic N) is 1. The maximum atomic E-state index is 12.7. The first-order chi connectivity index (χ1) is 9.15. The first kappa shape index (κ1) is 17.7. The summed E-state index contributed by atoms with van der Waals surface area (Å²) in [7, 11) is -3.74. The first-order valence-electron chi connectivity index (χ1n) is 6.30. The summed E-state index contributed by atoms with van der Waals surface area (Å²) in [6, 6.07) is 4.65. The molecule has 20 heavy (non-hydrogen) atoms. The van der Waals surface area contributed by atoms with Crippen LogP contribution in [0.4, 0.5) is 0 Å². The molecule has 1 aromatic rings. The third kappa shape index (κ3) is 3.86. The monoisotopic (exact) mass is 338 g/mol. The number of nitrogens with two attached hydrogens (primary N) is 1. The Bertz CT molecular complexity index is 553. The zero-order chi connectivity index (χ0) is 15.6. The first-order valence-corrected chi connectivity index (χ1v) is 8.49. The Morgan fingerprint density at radius 1 is 1.25 bits per heavy atom. The van der Waals surface area contributed by atoms with Crippen molar-refractivity contribution in [3.05, 3.63) is 28.2 Å². The van der Waals surface area contributed by atoms with Gasteiger partial charge in [-0.15, -0.1) is 0 Å². The van der Waals surface area contributed by atoms with Crippen molar-refractivity contribution in [1.82, 2.24) is 4.31 Å². The molecule has 0 aliphatic carbocycles. The van der Waals surface area contributed by atoms with Gasteiger partial charge >= 0.3 is 0 Å². The molecular weight excluding hydrogens is 319 g/mol. The molecule has 0 amide bonds. The van der Waals surface area contributed by atoms with Crippen molar-refractivity contribution in [2.75, 3.05) is 19.6 Å². The number of benzene rings is 1. The summed E-state index contributed by atoms with van der Waals surface area (Å²) in [6.45, 7) is 6.63. The van der Waals surface area contributed by atoms with Gasteiger partial charge in [0, 0.05) is 13.1 Å². The second kappa shape index (κ2) is 6.62. The van der Waals surface area contributed by atoms with Gasteiger partial charge in [-0.25, -0.2) is 8.42 Å². The van der Waals surface area contributed by atoms with Gasteiger partial charge in [-0.3, -0.25) is 0 Å². The van der Waals surface area contributed by atoms with Crippen molar-refractivity contribution < 1.29 is 8.42 Å². The van der Waals surface area contributed by atoms with E-state index < -0.39 is 10.0 Å². The van der Waals surface area contributed by atoms with E-state index in [0.29, 0.717) is 19.6 Å². The van der Waals surface area contributed by atoms with Gasteiger partial charge in [-0.05, 0) is 24.1 Å². The Morgan fingerprint density at radius 3 is 2.15 bits per heavy atom. The van der Waals surface area contributed by atoms with E-state index in [-0.39, 0.29) is 20.4 Å². The Morgan fingerprint density at radius 2 is 1.75 bits per heavy atom. The molecule has 0 atom stereocenters. The summed E-state index contributed by atoms with van der Waals surface area (Å²) >= 11 is 12.0. The van der Waals surface area contributed by atoms with Gasteiger partial charge < -0.3 is 5.73 Å². The molecule has 0 saturated heterocycles. The van der Waals surface area contributed by atoms with E-state index in [1.807, 2.05) is 13.8 Å². The summed E-state index contributed by atoms with van der Waals surface area (Å²) in [5, 5.41) is 0.253. The standard InChI is InChI=1S/C13H20Cl2N2O2S/c1-4-17(9-13(2,3)8-16)20(18,19)12-10(14)6-5-7-11(12)15/h5-7H,4,8-9,16H2,1-3H3. The highest BCUT2D eigenvalue weighted by molar-refractivity contribution is 7.89. The number of rotatable bonds is 6. The molecule has 0 heterocycles. The molecule has 2 N–H and O–H groups in total. The van der Waals surface area contributed by atoms with Crippen LogP contribution in [0.1, 0.15) is 20.8 Å². The van der Waals surface area contributed by atoms with Crippen LogP contribution in [-0.2, 0) is 10.0 Å². The van der Waals surface area contributed by atoms with Crippen LogP contribution in [0.5, 0.6) is 0 Å². The maximum Gasteiger partial charge on any atom is 0.246 e. The molecule has 0 aliphatic rings. The molecule has 1 aromatic carbocycles. The Kier molecular flexibility index (Phi) is 5.87. The van der Waals surface area contributed by atoms with Crippen LogP contribution in [0.25, 0.3) is 0 Å². The third-order valence-corrected chi connectivity index (χ3v) is 5.90. The molecule has 1 rings (SSSR count). The molecule has 0 saturated carbocycles. The van der Waals surface area contributed by atoms with Gasteiger partial charge in [0.25, 0.3) is 0 Å². The van der Waals surface area contributed by atoms with Crippen LogP contribution < -0.4 is 5.73 Å². The van der Waals surface area contributed by atoms with E-state index in [1.165, 1.54) is 16.4 Å². The van der Waals surface area contributed by atoms with E-state index in [0.717, 1.165) is 0 Å². The lowest BCUT2D eigenvalue weighted by molar-refractivity contribution is 0.273. The molecule has 0 aromatic heterocycles. The topological polar surface area (TPSA) is 63.4 Å². The molecular formula is C13H20Cl2N2O2S. The van der Waals surface area contributed by atoms with Crippen molar-refractivity contribution in [1.29, 1.82) is 0 Å². The van der Waals surface area contributed by atoms with Crippen molar-refractivity contribution >= 4 is 33.2 Å². The number of halogens is 2. The Balaban J connectivity index is 3.26. The molecule has 0 radical (unpaired) electrons. The van der Waals surface area contributed by atoms with Crippen LogP contribution in [-0.4, -0.2) is 32.4 Å². The van der Waals surface area contributed by atoms with Crippen LogP contribution in [0.2, 0.25) is 10.0 Å². The Hall–Kier alpha value is -0.330. The van der Waals surface area contributed by atoms with Crippen LogP contribution >= 0.6 is 23.2 Å². The second-order valence-corrected chi connectivity index (χ2v) is 8.04. The zero-order valence-electron chi connectivity index (χ0n) is 11.9. The molecule has 0 spiro atoms. The van der Waals surface area contributed by atoms with Gasteiger partial charge in [0.2, 0.25) is 10.0 Å². The molecule has 4 nitrogen and oxygen atoms in total. The second-order valence-electron chi connectivity index (χ2n) is 5.35. The van der Waals surface area contributed by atoms with E-state index >= 15 is 0 Å². The van der Waals surface area contributed by atoms with Gasteiger partial charge in [-0.1, -0.05) is 50.0 Å². The summed E-state index contributed by atoms with van der Waals surface area (Å²) in [5.74, 6) is 0. The van der Waals surface area contributed by atoms with Crippen molar-refractivity contribution in [2.24, 2.45) is 11.1 Å². The van der Waals surface area contributed by atoms with Gasteiger partial charge in [-0.2, -0.15) is 4.31 Å². The van der Waals surface area contributed by atoms with E-state index in [1.54, 1.807) is 13.0 Å². The SMILES string of the molecule is CCN(CC(C)(C)CN)S(=O)(=O)c1c(Cl)cccc1Cl. The predicted octanol–water partition coefficient (Wildman–Crippen LogP) is 2.99. The fraction of sp³-hybridized carbons (Fsp3) is 0.538. The highest BCUT2D eigenvalue weighted by Crippen LogP contribution is 2.32. The summed E-state index contributed by atoms with van der Waals surface area (Å²) in [4.78, 5) is -0.0435. The highest BCUT2D eigenvalue weighted by Gasteiger charge is 2.31. The van der Waals surface area contributed by atoms with Crippen LogP contribution in [0, 0.1) is 5.41 Å². The largest absolute Gasteiger partial charge is 0.330 e. The molecule has 0 bridgehead atoms. The van der Waals surface area contributed by atoms with Gasteiger partial charge in [0.15, 0.2) is 0 Å². The van der Waals surface area contributed by atoms with Crippen molar-refractivity contribution in [3.63, 3.8) is 0 Å². The predicted molar refractivity (Wildman–Crippen MR) is 83.7 cm³/mol. The quantitative estimate of drug-likeness (QED) is 0.867. The van der Waals surface area contributed by atoms with Crippen LogP contribution in [0.15, 0.2) is 23.1 Å². The lowest BCUT2D eigenvalue weighted by Crippen LogP contribution is -2.42. The van der Waals surface area contributed by atoms with E-state index in [9.17, 15) is 8.42 Å². The number of hydrogen-bond acceptors (Lipinski definition) is 3. The summed E-state index contributed by atoms with van der Waals surface area (Å²) < 4.78 is 26.8. The average Bonchev–Trinajstić information content (AvgIpc) is 2.35. The lowest BCUT2D eigenvalue weighted by Gasteiger charge is -2.30. The van der Waals surface area contributed by atoms with Crippen molar-refractivity contribution in [2.45, 2.75) is 25.7 Å². The molecule has 0 unspecified atom stereocenters. The fourth-order valence-electron chi connectivity index (χ4n) is 1.77.